The summed E-state index contributed by atoms with van der Waals surface area (Å²) in [6.07, 6.45) is 0. The van der Waals surface area contributed by atoms with Crippen LogP contribution in [-0.4, -0.2) is 29.1 Å². The standard InChI is InChI=1S/C11H13F2NO2/c1-2-14(7-11(15)16)6-8-9(12)4-3-5-10(8)13/h3-5H,2,6-7H2,1H3,(H,15,16). The first-order chi connectivity index (χ1) is 7.54. The lowest BCUT2D eigenvalue weighted by atomic mass is 10.2. The van der Waals surface area contributed by atoms with Gasteiger partial charge in [0, 0.05) is 12.1 Å². The Balaban J connectivity index is 2.81. The third kappa shape index (κ3) is 3.27. The molecule has 0 saturated carbocycles. The quantitative estimate of drug-likeness (QED) is 0.838. The molecule has 0 fully saturated rings. The molecule has 5 heteroatoms. The number of benzene rings is 1. The van der Waals surface area contributed by atoms with Crippen LogP contribution in [0, 0.1) is 11.6 Å². The first kappa shape index (κ1) is 12.6. The lowest BCUT2D eigenvalue weighted by Gasteiger charge is -2.18. The number of likely N-dealkylation sites (N-methyl/N-ethyl adjacent to an activating group) is 1. The lowest BCUT2D eigenvalue weighted by molar-refractivity contribution is -0.138. The molecule has 0 saturated heterocycles. The number of aliphatic carboxylic acids is 1. The van der Waals surface area contributed by atoms with Crippen molar-refractivity contribution in [2.24, 2.45) is 0 Å². The second kappa shape index (κ2) is 5.55. The van der Waals surface area contributed by atoms with Crippen LogP contribution < -0.4 is 0 Å². The summed E-state index contributed by atoms with van der Waals surface area (Å²) < 4.78 is 26.5. The highest BCUT2D eigenvalue weighted by atomic mass is 19.1. The molecule has 88 valence electrons. The average Bonchev–Trinajstić information content (AvgIpc) is 2.21. The van der Waals surface area contributed by atoms with E-state index in [4.69, 9.17) is 5.11 Å². The first-order valence-electron chi connectivity index (χ1n) is 4.91. The van der Waals surface area contributed by atoms with Gasteiger partial charge in [0.2, 0.25) is 0 Å². The molecule has 0 amide bonds. The van der Waals surface area contributed by atoms with Gasteiger partial charge in [-0.1, -0.05) is 13.0 Å². The van der Waals surface area contributed by atoms with Crippen LogP contribution in [0.1, 0.15) is 12.5 Å². The molecule has 0 unspecified atom stereocenters. The van der Waals surface area contributed by atoms with E-state index in [1.807, 2.05) is 0 Å². The zero-order valence-corrected chi connectivity index (χ0v) is 8.91. The second-order valence-corrected chi connectivity index (χ2v) is 3.40. The van der Waals surface area contributed by atoms with Gasteiger partial charge in [0.1, 0.15) is 11.6 Å². The largest absolute Gasteiger partial charge is 0.480 e. The fourth-order valence-corrected chi connectivity index (χ4v) is 1.38. The molecule has 0 aromatic heterocycles. The van der Waals surface area contributed by atoms with E-state index in [0.29, 0.717) is 6.54 Å². The van der Waals surface area contributed by atoms with Crippen molar-refractivity contribution >= 4 is 5.97 Å². The smallest absolute Gasteiger partial charge is 0.317 e. The van der Waals surface area contributed by atoms with Crippen LogP contribution in [0.4, 0.5) is 8.78 Å². The molecule has 16 heavy (non-hydrogen) atoms. The molecular formula is C11H13F2NO2. The minimum absolute atomic E-state index is 0.0404. The normalized spacial score (nSPS) is 10.8. The number of nitrogens with zero attached hydrogens (tertiary/aromatic N) is 1. The predicted molar refractivity (Wildman–Crippen MR) is 54.9 cm³/mol. The molecule has 0 heterocycles. The van der Waals surface area contributed by atoms with E-state index in [1.54, 1.807) is 6.92 Å². The maximum absolute atomic E-state index is 13.3. The van der Waals surface area contributed by atoms with E-state index in [2.05, 4.69) is 0 Å². The van der Waals surface area contributed by atoms with Gasteiger partial charge in [-0.05, 0) is 18.7 Å². The Bertz CT molecular complexity index is 362. The molecule has 3 nitrogen and oxygen atoms in total. The second-order valence-electron chi connectivity index (χ2n) is 3.40. The number of hydrogen-bond donors (Lipinski definition) is 1. The van der Waals surface area contributed by atoms with Crippen LogP contribution in [0.15, 0.2) is 18.2 Å². The molecule has 0 spiro atoms. The molecule has 0 bridgehead atoms. The van der Waals surface area contributed by atoms with E-state index in [9.17, 15) is 13.6 Å². The fraction of sp³-hybridized carbons (Fsp3) is 0.364. The summed E-state index contributed by atoms with van der Waals surface area (Å²) in [5.41, 5.74) is -0.0920. The lowest BCUT2D eigenvalue weighted by Crippen LogP contribution is -2.29. The van der Waals surface area contributed by atoms with Crippen molar-refractivity contribution in [2.45, 2.75) is 13.5 Å². The van der Waals surface area contributed by atoms with E-state index in [0.717, 1.165) is 12.1 Å². The fourth-order valence-electron chi connectivity index (χ4n) is 1.38. The molecule has 0 aliphatic heterocycles. The topological polar surface area (TPSA) is 40.5 Å². The number of carboxylic acids is 1. The molecular weight excluding hydrogens is 216 g/mol. The summed E-state index contributed by atoms with van der Waals surface area (Å²) in [4.78, 5) is 11.9. The molecule has 1 rings (SSSR count). The summed E-state index contributed by atoms with van der Waals surface area (Å²) in [7, 11) is 0. The molecule has 0 atom stereocenters. The van der Waals surface area contributed by atoms with E-state index < -0.39 is 17.6 Å². The zero-order valence-electron chi connectivity index (χ0n) is 8.91. The van der Waals surface area contributed by atoms with Crippen molar-refractivity contribution in [3.05, 3.63) is 35.4 Å². The van der Waals surface area contributed by atoms with Gasteiger partial charge in [0.15, 0.2) is 0 Å². The average molecular weight is 229 g/mol. The summed E-state index contributed by atoms with van der Waals surface area (Å²) in [5, 5.41) is 8.60. The van der Waals surface area contributed by atoms with Crippen LogP contribution in [0.5, 0.6) is 0 Å². The van der Waals surface area contributed by atoms with Crippen molar-refractivity contribution in [3.63, 3.8) is 0 Å². The summed E-state index contributed by atoms with van der Waals surface area (Å²) >= 11 is 0. The number of halogens is 2. The van der Waals surface area contributed by atoms with E-state index in [1.165, 1.54) is 11.0 Å². The van der Waals surface area contributed by atoms with Crippen molar-refractivity contribution in [3.8, 4) is 0 Å². The highest BCUT2D eigenvalue weighted by Crippen LogP contribution is 2.14. The Labute approximate surface area is 92.3 Å². The third-order valence-corrected chi connectivity index (χ3v) is 2.25. The Morgan fingerprint density at radius 2 is 1.94 bits per heavy atom. The highest BCUT2D eigenvalue weighted by Gasteiger charge is 2.14. The maximum atomic E-state index is 13.3. The molecule has 1 aromatic carbocycles. The first-order valence-corrected chi connectivity index (χ1v) is 4.91. The van der Waals surface area contributed by atoms with Crippen molar-refractivity contribution in [1.82, 2.24) is 4.90 Å². The molecule has 0 aliphatic rings. The van der Waals surface area contributed by atoms with Crippen LogP contribution in [0.25, 0.3) is 0 Å². The van der Waals surface area contributed by atoms with Crippen LogP contribution >= 0.6 is 0 Å². The van der Waals surface area contributed by atoms with Crippen molar-refractivity contribution in [2.75, 3.05) is 13.1 Å². The minimum atomic E-state index is -1.02. The van der Waals surface area contributed by atoms with Gasteiger partial charge >= 0.3 is 5.97 Å². The summed E-state index contributed by atoms with van der Waals surface area (Å²) in [6.45, 7) is 1.88. The van der Waals surface area contributed by atoms with E-state index >= 15 is 0 Å². The van der Waals surface area contributed by atoms with Crippen LogP contribution in [0.2, 0.25) is 0 Å². The number of hydrogen-bond acceptors (Lipinski definition) is 2. The Hall–Kier alpha value is -1.49. The SMILES string of the molecule is CCN(CC(=O)O)Cc1c(F)cccc1F. The zero-order chi connectivity index (χ0) is 12.1. The Kier molecular flexibility index (Phi) is 4.37. The summed E-state index contributed by atoms with van der Waals surface area (Å²) in [5.74, 6) is -2.31. The Morgan fingerprint density at radius 1 is 1.38 bits per heavy atom. The monoisotopic (exact) mass is 229 g/mol. The third-order valence-electron chi connectivity index (χ3n) is 2.25. The van der Waals surface area contributed by atoms with Gasteiger partial charge in [-0.3, -0.25) is 9.69 Å². The number of carbonyl (C=O) groups is 1. The van der Waals surface area contributed by atoms with Gasteiger partial charge in [-0.2, -0.15) is 0 Å². The van der Waals surface area contributed by atoms with Gasteiger partial charge in [0.25, 0.3) is 0 Å². The predicted octanol–water partition coefficient (Wildman–Crippen LogP) is 1.87. The van der Waals surface area contributed by atoms with Gasteiger partial charge in [-0.25, -0.2) is 8.78 Å². The minimum Gasteiger partial charge on any atom is -0.480 e. The van der Waals surface area contributed by atoms with Gasteiger partial charge in [0.05, 0.1) is 6.54 Å². The molecule has 1 N–H and O–H groups in total. The van der Waals surface area contributed by atoms with Crippen LogP contribution in [0.3, 0.4) is 0 Å². The molecule has 0 aliphatic carbocycles. The van der Waals surface area contributed by atoms with E-state index in [-0.39, 0.29) is 18.7 Å². The van der Waals surface area contributed by atoms with Crippen molar-refractivity contribution in [1.29, 1.82) is 0 Å². The molecule has 1 aromatic rings. The van der Waals surface area contributed by atoms with Gasteiger partial charge < -0.3 is 5.11 Å². The highest BCUT2D eigenvalue weighted by molar-refractivity contribution is 5.69. The number of rotatable bonds is 5. The Morgan fingerprint density at radius 3 is 2.38 bits per heavy atom. The molecule has 0 radical (unpaired) electrons. The summed E-state index contributed by atoms with van der Waals surface area (Å²) in [6, 6.07) is 3.60. The van der Waals surface area contributed by atoms with Crippen LogP contribution in [-0.2, 0) is 11.3 Å². The maximum Gasteiger partial charge on any atom is 0.317 e. The van der Waals surface area contributed by atoms with Crippen molar-refractivity contribution < 1.29 is 18.7 Å². The number of carboxylic acid groups (broad SMARTS) is 1. The van der Waals surface area contributed by atoms with Gasteiger partial charge in [-0.15, -0.1) is 0 Å².